The van der Waals surface area contributed by atoms with Crippen molar-refractivity contribution in [1.82, 2.24) is 4.90 Å². The molecule has 3 heteroatoms. The first-order valence-corrected chi connectivity index (χ1v) is 5.45. The maximum atomic E-state index is 10.9. The third-order valence-electron chi connectivity index (χ3n) is 2.45. The van der Waals surface area contributed by atoms with E-state index in [1.807, 2.05) is 0 Å². The van der Waals surface area contributed by atoms with Crippen molar-refractivity contribution >= 4 is 5.78 Å². The van der Waals surface area contributed by atoms with Gasteiger partial charge in [0, 0.05) is 13.1 Å². The van der Waals surface area contributed by atoms with Crippen LogP contribution in [0.15, 0.2) is 0 Å². The van der Waals surface area contributed by atoms with Gasteiger partial charge < -0.3 is 4.74 Å². The van der Waals surface area contributed by atoms with E-state index in [4.69, 9.17) is 4.74 Å². The number of nitrogens with zero attached hydrogens (tertiary/aromatic N) is 1. The smallest absolute Gasteiger partial charge is 0.143 e. The first-order valence-electron chi connectivity index (χ1n) is 5.45. The Kier molecular flexibility index (Phi) is 4.55. The Bertz CT molecular complexity index is 184. The molecule has 1 fully saturated rings. The molecule has 0 aromatic heterocycles. The van der Waals surface area contributed by atoms with Crippen LogP contribution in [0.2, 0.25) is 0 Å². The molecule has 1 rings (SSSR count). The second kappa shape index (κ2) is 5.47. The summed E-state index contributed by atoms with van der Waals surface area (Å²) < 4.78 is 5.73. The first kappa shape index (κ1) is 11.7. The highest BCUT2D eigenvalue weighted by molar-refractivity contribution is 5.77. The van der Waals surface area contributed by atoms with Crippen molar-refractivity contribution in [2.45, 2.75) is 45.8 Å². The van der Waals surface area contributed by atoms with Crippen LogP contribution in [0.4, 0.5) is 0 Å². The van der Waals surface area contributed by atoms with E-state index in [1.165, 1.54) is 0 Å². The average molecular weight is 199 g/mol. The third-order valence-corrected chi connectivity index (χ3v) is 2.45. The van der Waals surface area contributed by atoms with Crippen molar-refractivity contribution in [2.24, 2.45) is 0 Å². The molecule has 0 spiro atoms. The number of hydrogen-bond acceptors (Lipinski definition) is 3. The van der Waals surface area contributed by atoms with Crippen LogP contribution in [0.1, 0.15) is 33.6 Å². The van der Waals surface area contributed by atoms with Crippen molar-refractivity contribution in [1.29, 1.82) is 0 Å². The summed E-state index contributed by atoms with van der Waals surface area (Å²) in [6.45, 7) is 8.39. The molecule has 0 aromatic rings. The Morgan fingerprint density at radius 2 is 2.00 bits per heavy atom. The molecule has 0 radical (unpaired) electrons. The first-order chi connectivity index (χ1) is 6.58. The minimum absolute atomic E-state index is 0.258. The van der Waals surface area contributed by atoms with Crippen molar-refractivity contribution in [3.63, 3.8) is 0 Å². The Balaban J connectivity index is 2.21. The molecule has 1 aliphatic rings. The molecule has 82 valence electrons. The normalized spacial score (nSPS) is 20.3. The van der Waals surface area contributed by atoms with Crippen LogP contribution in [-0.2, 0) is 9.53 Å². The zero-order chi connectivity index (χ0) is 10.6. The molecule has 14 heavy (non-hydrogen) atoms. The standard InChI is InChI=1S/C11H21NO2/c1-9(2)14-11-4-6-12(7-5-11)8-10(3)13/h9,11H,4-8H2,1-3H3. The van der Waals surface area contributed by atoms with Gasteiger partial charge in [0.2, 0.25) is 0 Å². The number of ketones is 1. The highest BCUT2D eigenvalue weighted by Crippen LogP contribution is 2.14. The van der Waals surface area contributed by atoms with Gasteiger partial charge in [-0.3, -0.25) is 9.69 Å². The fraction of sp³-hybridized carbons (Fsp3) is 0.909. The summed E-state index contributed by atoms with van der Waals surface area (Å²) in [5, 5.41) is 0. The van der Waals surface area contributed by atoms with E-state index in [9.17, 15) is 4.79 Å². The SMILES string of the molecule is CC(=O)CN1CCC(OC(C)C)CC1. The van der Waals surface area contributed by atoms with E-state index in [-0.39, 0.29) is 5.78 Å². The van der Waals surface area contributed by atoms with Gasteiger partial charge in [0.1, 0.15) is 5.78 Å². The van der Waals surface area contributed by atoms with Crippen molar-refractivity contribution < 1.29 is 9.53 Å². The molecular formula is C11H21NO2. The second-order valence-electron chi connectivity index (χ2n) is 4.36. The van der Waals surface area contributed by atoms with Crippen LogP contribution >= 0.6 is 0 Å². The van der Waals surface area contributed by atoms with Crippen LogP contribution in [-0.4, -0.2) is 42.5 Å². The summed E-state index contributed by atoms with van der Waals surface area (Å²) in [6.07, 6.45) is 2.84. The molecule has 3 nitrogen and oxygen atoms in total. The van der Waals surface area contributed by atoms with E-state index in [1.54, 1.807) is 6.92 Å². The lowest BCUT2D eigenvalue weighted by Crippen LogP contribution is -2.40. The fourth-order valence-corrected chi connectivity index (χ4v) is 1.90. The van der Waals surface area contributed by atoms with Gasteiger partial charge in [-0.15, -0.1) is 0 Å². The van der Waals surface area contributed by atoms with Crippen LogP contribution in [0.25, 0.3) is 0 Å². The summed E-state index contributed by atoms with van der Waals surface area (Å²) >= 11 is 0. The minimum atomic E-state index is 0.258. The number of Topliss-reactive ketones (excluding diaryl/α,β-unsaturated/α-hetero) is 1. The van der Waals surface area contributed by atoms with Gasteiger partial charge in [-0.25, -0.2) is 0 Å². The number of piperidine rings is 1. The van der Waals surface area contributed by atoms with Gasteiger partial charge in [0.05, 0.1) is 18.8 Å². The molecule has 1 heterocycles. The van der Waals surface area contributed by atoms with Crippen molar-refractivity contribution in [3.8, 4) is 0 Å². The van der Waals surface area contributed by atoms with Crippen molar-refractivity contribution in [2.75, 3.05) is 19.6 Å². The predicted molar refractivity (Wildman–Crippen MR) is 56.4 cm³/mol. The summed E-state index contributed by atoms with van der Waals surface area (Å²) in [6, 6.07) is 0. The lowest BCUT2D eigenvalue weighted by Gasteiger charge is -2.32. The largest absolute Gasteiger partial charge is 0.375 e. The highest BCUT2D eigenvalue weighted by Gasteiger charge is 2.20. The van der Waals surface area contributed by atoms with Crippen LogP contribution in [0, 0.1) is 0 Å². The zero-order valence-corrected chi connectivity index (χ0v) is 9.45. The predicted octanol–water partition coefficient (Wildman–Crippen LogP) is 1.46. The molecule has 0 amide bonds. The molecule has 1 saturated heterocycles. The summed E-state index contributed by atoms with van der Waals surface area (Å²) in [4.78, 5) is 13.1. The third kappa shape index (κ3) is 4.20. The van der Waals surface area contributed by atoms with Gasteiger partial charge in [-0.2, -0.15) is 0 Å². The molecular weight excluding hydrogens is 178 g/mol. The zero-order valence-electron chi connectivity index (χ0n) is 9.45. The second-order valence-corrected chi connectivity index (χ2v) is 4.36. The van der Waals surface area contributed by atoms with Crippen LogP contribution in [0.5, 0.6) is 0 Å². The fourth-order valence-electron chi connectivity index (χ4n) is 1.90. The molecule has 1 aliphatic heterocycles. The molecule has 0 N–H and O–H groups in total. The van der Waals surface area contributed by atoms with E-state index in [2.05, 4.69) is 18.7 Å². The lowest BCUT2D eigenvalue weighted by atomic mass is 10.1. The molecule has 0 atom stereocenters. The van der Waals surface area contributed by atoms with Gasteiger partial charge in [-0.05, 0) is 33.6 Å². The average Bonchev–Trinajstić information content (AvgIpc) is 2.06. The summed E-state index contributed by atoms with van der Waals surface area (Å²) in [7, 11) is 0. The maximum Gasteiger partial charge on any atom is 0.143 e. The Labute approximate surface area is 86.4 Å². The Morgan fingerprint density at radius 1 is 1.43 bits per heavy atom. The van der Waals surface area contributed by atoms with Crippen LogP contribution in [0.3, 0.4) is 0 Å². The number of carbonyl (C=O) groups is 1. The van der Waals surface area contributed by atoms with E-state index < -0.39 is 0 Å². The molecule has 0 bridgehead atoms. The number of carbonyl (C=O) groups excluding carboxylic acids is 1. The van der Waals surface area contributed by atoms with Gasteiger partial charge >= 0.3 is 0 Å². The maximum absolute atomic E-state index is 10.9. The molecule has 0 aromatic carbocycles. The monoisotopic (exact) mass is 199 g/mol. The van der Waals surface area contributed by atoms with Gasteiger partial charge in [0.15, 0.2) is 0 Å². The lowest BCUT2D eigenvalue weighted by molar-refractivity contribution is -0.119. The highest BCUT2D eigenvalue weighted by atomic mass is 16.5. The number of ether oxygens (including phenoxy) is 1. The van der Waals surface area contributed by atoms with Crippen LogP contribution < -0.4 is 0 Å². The number of rotatable bonds is 4. The minimum Gasteiger partial charge on any atom is -0.375 e. The topological polar surface area (TPSA) is 29.5 Å². The van der Waals surface area contributed by atoms with E-state index in [0.29, 0.717) is 18.8 Å². The Hall–Kier alpha value is -0.410. The molecule has 0 aliphatic carbocycles. The van der Waals surface area contributed by atoms with E-state index in [0.717, 1.165) is 25.9 Å². The van der Waals surface area contributed by atoms with Gasteiger partial charge in [0.25, 0.3) is 0 Å². The summed E-state index contributed by atoms with van der Waals surface area (Å²) in [5.74, 6) is 0.258. The number of likely N-dealkylation sites (tertiary alicyclic amines) is 1. The van der Waals surface area contributed by atoms with Gasteiger partial charge in [-0.1, -0.05) is 0 Å². The van der Waals surface area contributed by atoms with E-state index >= 15 is 0 Å². The molecule has 0 unspecified atom stereocenters. The van der Waals surface area contributed by atoms with Crippen molar-refractivity contribution in [3.05, 3.63) is 0 Å². The summed E-state index contributed by atoms with van der Waals surface area (Å²) in [5.41, 5.74) is 0. The Morgan fingerprint density at radius 3 is 2.43 bits per heavy atom. The quantitative estimate of drug-likeness (QED) is 0.686. The number of hydrogen-bond donors (Lipinski definition) is 0. The molecule has 0 saturated carbocycles.